The highest BCUT2D eigenvalue weighted by atomic mass is 16.5. The molecular weight excluding hydrogens is 420 g/mol. The first-order chi connectivity index (χ1) is 15.9. The van der Waals surface area contributed by atoms with Crippen LogP contribution in [-0.4, -0.2) is 33.5 Å². The molecule has 0 bridgehead atoms. The van der Waals surface area contributed by atoms with Gasteiger partial charge in [-0.05, 0) is 60.0 Å². The summed E-state index contributed by atoms with van der Waals surface area (Å²) in [4.78, 5) is 31.4. The lowest BCUT2D eigenvalue weighted by atomic mass is 9.95. The number of aliphatic hydroxyl groups excluding tert-OH is 1. The van der Waals surface area contributed by atoms with Crippen molar-refractivity contribution in [1.29, 1.82) is 0 Å². The Morgan fingerprint density at radius 1 is 1.03 bits per heavy atom. The van der Waals surface area contributed by atoms with Gasteiger partial charge in [0.05, 0.1) is 23.9 Å². The molecule has 0 aliphatic carbocycles. The zero-order valence-corrected chi connectivity index (χ0v) is 18.3. The lowest BCUT2D eigenvalue weighted by Crippen LogP contribution is -2.29. The van der Waals surface area contributed by atoms with Gasteiger partial charge >= 0.3 is 0 Å². The molecule has 0 saturated carbocycles. The number of pyridine rings is 1. The van der Waals surface area contributed by atoms with Crippen molar-refractivity contribution in [3.05, 3.63) is 89.8 Å². The monoisotopic (exact) mass is 444 g/mol. The van der Waals surface area contributed by atoms with E-state index in [1.165, 1.54) is 11.0 Å². The molecule has 1 unspecified atom stereocenters. The zero-order valence-electron chi connectivity index (χ0n) is 18.3. The van der Waals surface area contributed by atoms with Crippen molar-refractivity contribution in [2.45, 2.75) is 19.9 Å². The van der Waals surface area contributed by atoms with E-state index in [9.17, 15) is 19.8 Å². The number of Topliss-reactive ketones (excluding diaryl/α,β-unsaturated/α-hetero) is 1. The number of amides is 1. The van der Waals surface area contributed by atoms with Crippen molar-refractivity contribution in [2.75, 3.05) is 11.5 Å². The van der Waals surface area contributed by atoms with Crippen molar-refractivity contribution in [1.82, 2.24) is 4.98 Å². The Morgan fingerprint density at radius 3 is 2.33 bits per heavy atom. The third kappa shape index (κ3) is 4.30. The molecule has 1 aromatic heterocycles. The predicted octanol–water partition coefficient (Wildman–Crippen LogP) is 4.45. The van der Waals surface area contributed by atoms with E-state index in [1.807, 2.05) is 13.8 Å². The van der Waals surface area contributed by atoms with Gasteiger partial charge in [0.25, 0.3) is 11.7 Å². The molecule has 0 spiro atoms. The lowest BCUT2D eigenvalue weighted by molar-refractivity contribution is -0.132. The van der Waals surface area contributed by atoms with Crippen LogP contribution in [0.25, 0.3) is 5.76 Å². The summed E-state index contributed by atoms with van der Waals surface area (Å²) in [5.74, 6) is -1.12. The Hall–Kier alpha value is -4.13. The van der Waals surface area contributed by atoms with E-state index in [1.54, 1.807) is 67.0 Å². The molecule has 2 N–H and O–H groups in total. The summed E-state index contributed by atoms with van der Waals surface area (Å²) < 4.78 is 5.68. The van der Waals surface area contributed by atoms with Crippen molar-refractivity contribution in [3.63, 3.8) is 0 Å². The summed E-state index contributed by atoms with van der Waals surface area (Å²) in [6, 6.07) is 15.4. The highest BCUT2D eigenvalue weighted by Crippen LogP contribution is 2.44. The van der Waals surface area contributed by atoms with E-state index in [2.05, 4.69) is 4.98 Å². The molecule has 1 aliphatic heterocycles. The number of carbonyl (C=O) groups excluding carboxylic acids is 2. The molecule has 3 aromatic rings. The zero-order chi connectivity index (χ0) is 23.5. The first kappa shape index (κ1) is 22.1. The number of phenols is 1. The third-order valence-corrected chi connectivity index (χ3v) is 5.32. The van der Waals surface area contributed by atoms with Crippen molar-refractivity contribution >= 4 is 23.1 Å². The number of aromatic nitrogens is 1. The molecule has 33 heavy (non-hydrogen) atoms. The molecule has 1 fully saturated rings. The summed E-state index contributed by atoms with van der Waals surface area (Å²) >= 11 is 0. The van der Waals surface area contributed by atoms with Gasteiger partial charge in [-0.25, -0.2) is 0 Å². The highest BCUT2D eigenvalue weighted by molar-refractivity contribution is 6.51. The normalized spacial score (nSPS) is 17.5. The number of hydrogen-bond donors (Lipinski definition) is 2. The molecule has 7 nitrogen and oxygen atoms in total. The van der Waals surface area contributed by atoms with Crippen LogP contribution in [0.3, 0.4) is 0 Å². The summed E-state index contributed by atoms with van der Waals surface area (Å²) in [7, 11) is 0. The van der Waals surface area contributed by atoms with Gasteiger partial charge < -0.3 is 14.9 Å². The fraction of sp³-hybridized carbons (Fsp3) is 0.192. The Morgan fingerprint density at radius 2 is 1.70 bits per heavy atom. The Balaban J connectivity index is 1.82. The second-order valence-corrected chi connectivity index (χ2v) is 8.17. The van der Waals surface area contributed by atoms with Gasteiger partial charge in [-0.3, -0.25) is 19.5 Å². The van der Waals surface area contributed by atoms with Crippen LogP contribution in [0.1, 0.15) is 31.0 Å². The number of hydrogen-bond acceptors (Lipinski definition) is 6. The van der Waals surface area contributed by atoms with Crippen molar-refractivity contribution in [2.24, 2.45) is 5.92 Å². The second kappa shape index (κ2) is 9.16. The largest absolute Gasteiger partial charge is 0.507 e. The van der Waals surface area contributed by atoms with E-state index in [0.29, 0.717) is 29.4 Å². The van der Waals surface area contributed by atoms with Crippen molar-refractivity contribution < 1.29 is 24.5 Å². The smallest absolute Gasteiger partial charge is 0.300 e. The topological polar surface area (TPSA) is 100.0 Å². The van der Waals surface area contributed by atoms with Crippen LogP contribution in [0.2, 0.25) is 0 Å². The van der Waals surface area contributed by atoms with Crippen LogP contribution in [-0.2, 0) is 9.59 Å². The van der Waals surface area contributed by atoms with E-state index < -0.39 is 17.7 Å². The van der Waals surface area contributed by atoms with Crippen LogP contribution in [0.5, 0.6) is 11.5 Å². The van der Waals surface area contributed by atoms with Gasteiger partial charge in [-0.1, -0.05) is 26.0 Å². The number of carbonyl (C=O) groups is 2. The van der Waals surface area contributed by atoms with Crippen molar-refractivity contribution in [3.8, 4) is 11.5 Å². The number of nitrogens with zero attached hydrogens (tertiary/aromatic N) is 2. The first-order valence-electron chi connectivity index (χ1n) is 10.6. The quantitative estimate of drug-likeness (QED) is 0.331. The van der Waals surface area contributed by atoms with E-state index in [-0.39, 0.29) is 22.8 Å². The molecule has 0 radical (unpaired) electrons. The average Bonchev–Trinajstić information content (AvgIpc) is 3.09. The first-order valence-corrected chi connectivity index (χ1v) is 10.6. The fourth-order valence-electron chi connectivity index (χ4n) is 3.74. The average molecular weight is 444 g/mol. The van der Waals surface area contributed by atoms with Gasteiger partial charge in [0, 0.05) is 18.0 Å². The maximum atomic E-state index is 13.1. The van der Waals surface area contributed by atoms with Crippen LogP contribution in [0.15, 0.2) is 78.6 Å². The summed E-state index contributed by atoms with van der Waals surface area (Å²) in [6.45, 7) is 4.64. The minimum Gasteiger partial charge on any atom is -0.507 e. The molecule has 1 atom stereocenters. The predicted molar refractivity (Wildman–Crippen MR) is 124 cm³/mol. The number of anilines is 1. The maximum absolute atomic E-state index is 13.1. The van der Waals surface area contributed by atoms with Crippen LogP contribution in [0.4, 0.5) is 5.69 Å². The molecule has 1 aliphatic rings. The fourth-order valence-corrected chi connectivity index (χ4v) is 3.74. The molecule has 1 amide bonds. The number of aliphatic hydroxyl groups is 1. The molecule has 4 rings (SSSR count). The molecular formula is C26H24N2O5. The molecule has 7 heteroatoms. The number of rotatable bonds is 6. The van der Waals surface area contributed by atoms with Gasteiger partial charge in [-0.2, -0.15) is 0 Å². The number of ether oxygens (including phenoxy) is 1. The number of aromatic hydroxyl groups is 1. The van der Waals surface area contributed by atoms with E-state index >= 15 is 0 Å². The molecule has 2 heterocycles. The van der Waals surface area contributed by atoms with Crippen LogP contribution >= 0.6 is 0 Å². The Labute approximate surface area is 191 Å². The number of benzene rings is 2. The SMILES string of the molecule is CC(C)COc1ccc(/C(O)=C2\C(=O)C(=O)N(c3ccccc3O)C2c2ccncc2)cc1. The Kier molecular flexibility index (Phi) is 6.13. The van der Waals surface area contributed by atoms with E-state index in [0.717, 1.165) is 0 Å². The Bertz CT molecular complexity index is 1200. The summed E-state index contributed by atoms with van der Waals surface area (Å²) in [5, 5.41) is 21.5. The minimum atomic E-state index is -0.932. The molecule has 168 valence electrons. The maximum Gasteiger partial charge on any atom is 0.300 e. The third-order valence-electron chi connectivity index (χ3n) is 5.32. The highest BCUT2D eigenvalue weighted by Gasteiger charge is 2.47. The summed E-state index contributed by atoms with van der Waals surface area (Å²) in [5.41, 5.74) is 1.07. The number of phenolic OH excluding ortho intramolecular Hbond substituents is 1. The van der Waals surface area contributed by atoms with Gasteiger partial charge in [0.1, 0.15) is 17.3 Å². The second-order valence-electron chi connectivity index (χ2n) is 8.17. The number of ketones is 1. The number of para-hydroxylation sites is 2. The minimum absolute atomic E-state index is 0.0645. The molecule has 1 saturated heterocycles. The van der Waals surface area contributed by atoms with Gasteiger partial charge in [-0.15, -0.1) is 0 Å². The molecule has 2 aromatic carbocycles. The van der Waals surface area contributed by atoms with Gasteiger partial charge in [0.2, 0.25) is 0 Å². The standard InChI is InChI=1S/C26H24N2O5/c1-16(2)15-33-19-9-7-18(8-10-19)24(30)22-23(17-11-13-27-14-12-17)28(26(32)25(22)31)20-5-3-4-6-21(20)29/h3-14,16,23,29-30H,15H2,1-2H3/b24-22+. The van der Waals surface area contributed by atoms with Gasteiger partial charge in [0.15, 0.2) is 0 Å². The summed E-state index contributed by atoms with van der Waals surface area (Å²) in [6.07, 6.45) is 3.09. The van der Waals surface area contributed by atoms with Crippen LogP contribution < -0.4 is 9.64 Å². The van der Waals surface area contributed by atoms with Crippen LogP contribution in [0, 0.1) is 5.92 Å². The lowest BCUT2D eigenvalue weighted by Gasteiger charge is -2.25. The van der Waals surface area contributed by atoms with E-state index in [4.69, 9.17) is 4.74 Å².